The fourth-order valence-electron chi connectivity index (χ4n) is 7.61. The average Bonchev–Trinajstić information content (AvgIpc) is 3.93. The maximum Gasteiger partial charge on any atom is 0.271 e. The average molecular weight is 758 g/mol. The lowest BCUT2D eigenvalue weighted by Crippen LogP contribution is -2.51. The number of nitrogens with zero attached hydrogens (tertiary/aromatic N) is 6. The molecule has 288 valence electrons. The normalized spacial score (nSPS) is 16.9. The third-order valence-electron chi connectivity index (χ3n) is 11.7. The van der Waals surface area contributed by atoms with Crippen molar-refractivity contribution in [2.45, 2.75) is 40.8 Å². The Hall–Kier alpha value is -6.29. The van der Waals surface area contributed by atoms with E-state index in [0.717, 1.165) is 73.2 Å². The molecule has 6 aromatic carbocycles. The minimum atomic E-state index is -0.194. The molecule has 2 unspecified atom stereocenters. The predicted octanol–water partition coefficient (Wildman–Crippen LogP) is 12.5. The second kappa shape index (κ2) is 16.1. The zero-order valence-electron chi connectivity index (χ0n) is 33.9. The number of phenols is 1. The van der Waals surface area contributed by atoms with Gasteiger partial charge in [-0.2, -0.15) is 15.3 Å². The van der Waals surface area contributed by atoms with Gasteiger partial charge in [-0.25, -0.2) is 4.48 Å². The molecule has 0 spiro atoms. The topological polar surface area (TPSA) is 98.8 Å². The van der Waals surface area contributed by atoms with Crippen molar-refractivity contribution in [3.05, 3.63) is 149 Å². The lowest BCUT2D eigenvalue weighted by atomic mass is 10.0. The number of rotatable bonds is 12. The summed E-state index contributed by atoms with van der Waals surface area (Å²) in [6.45, 7) is 14.0. The van der Waals surface area contributed by atoms with Gasteiger partial charge in [0.2, 0.25) is 0 Å². The highest BCUT2D eigenvalue weighted by Gasteiger charge is 2.63. The number of azo groups is 2. The first-order valence-electron chi connectivity index (χ1n) is 19.6. The van der Waals surface area contributed by atoms with E-state index in [4.69, 9.17) is 0 Å². The minimum absolute atomic E-state index is 0.0469. The van der Waals surface area contributed by atoms with Crippen LogP contribution >= 0.6 is 0 Å². The van der Waals surface area contributed by atoms with Crippen LogP contribution in [0.2, 0.25) is 0 Å². The number of benzene rings is 6. The van der Waals surface area contributed by atoms with Gasteiger partial charge in [0.05, 0.1) is 44.2 Å². The van der Waals surface area contributed by atoms with E-state index >= 15 is 0 Å². The summed E-state index contributed by atoms with van der Waals surface area (Å²) in [5, 5.41) is 33.6. The molecule has 1 fully saturated rings. The highest BCUT2D eigenvalue weighted by atomic mass is 16.3. The number of carbonyl (C=O) groups is 1. The van der Waals surface area contributed by atoms with Gasteiger partial charge in [-0.3, -0.25) is 9.28 Å². The monoisotopic (exact) mass is 757 g/mol. The van der Waals surface area contributed by atoms with Gasteiger partial charge < -0.3 is 10.4 Å². The smallest absolute Gasteiger partial charge is 0.271 e. The lowest BCUT2D eigenvalue weighted by Gasteiger charge is -2.31. The number of carbonyl (C=O) groups excluding carboxylic acids is 1. The number of fused-ring (bicyclic) bond motifs is 1. The molecule has 0 bridgehead atoms. The van der Waals surface area contributed by atoms with Crippen molar-refractivity contribution in [2.75, 3.05) is 39.0 Å². The van der Waals surface area contributed by atoms with Crippen LogP contribution in [0.3, 0.4) is 0 Å². The summed E-state index contributed by atoms with van der Waals surface area (Å²) in [6, 6.07) is 37.1. The predicted molar refractivity (Wildman–Crippen MR) is 234 cm³/mol. The van der Waals surface area contributed by atoms with Crippen molar-refractivity contribution in [3.8, 4) is 5.75 Å². The zero-order chi connectivity index (χ0) is 40.3. The number of hydrogen-bond acceptors (Lipinski definition) is 6. The minimum Gasteiger partial charge on any atom is -0.505 e. The summed E-state index contributed by atoms with van der Waals surface area (Å²) < 4.78 is 2.06. The number of likely N-dealkylation sites (N-methyl/N-ethyl adjacent to an activating group) is 2. The molecule has 7 rings (SSSR count). The molecule has 1 saturated heterocycles. The Morgan fingerprint density at radius 3 is 2.19 bits per heavy atom. The lowest BCUT2D eigenvalue weighted by molar-refractivity contribution is -0.920. The van der Waals surface area contributed by atoms with Gasteiger partial charge in [0, 0.05) is 28.8 Å². The number of nitrogens with one attached hydrogen (secondary N) is 1. The summed E-state index contributed by atoms with van der Waals surface area (Å²) >= 11 is 0. The van der Waals surface area contributed by atoms with Crippen LogP contribution in [0.1, 0.15) is 52.0 Å². The molecule has 57 heavy (non-hydrogen) atoms. The van der Waals surface area contributed by atoms with E-state index in [1.165, 1.54) is 5.69 Å². The Morgan fingerprint density at radius 2 is 1.49 bits per heavy atom. The molecule has 2 N–H and O–H groups in total. The van der Waals surface area contributed by atoms with Crippen molar-refractivity contribution in [3.63, 3.8) is 0 Å². The molecule has 1 aliphatic heterocycles. The Balaban J connectivity index is 0.983. The molecule has 6 aromatic rings. The van der Waals surface area contributed by atoms with Crippen LogP contribution in [0.5, 0.6) is 5.75 Å². The second-order valence-corrected chi connectivity index (χ2v) is 15.5. The number of hydrogen-bond donors (Lipinski definition) is 2. The maximum atomic E-state index is 12.7. The van der Waals surface area contributed by atoms with Gasteiger partial charge >= 0.3 is 0 Å². The van der Waals surface area contributed by atoms with Crippen molar-refractivity contribution in [1.29, 1.82) is 0 Å². The Bertz CT molecular complexity index is 2540. The number of amides is 1. The van der Waals surface area contributed by atoms with Crippen LogP contribution in [-0.2, 0) is 0 Å². The van der Waals surface area contributed by atoms with Gasteiger partial charge in [-0.15, -0.1) is 5.11 Å². The van der Waals surface area contributed by atoms with Gasteiger partial charge in [0.1, 0.15) is 11.4 Å². The fraction of sp³-hybridized carbons (Fsp3) is 0.229. The van der Waals surface area contributed by atoms with Crippen LogP contribution in [-0.4, -0.2) is 55.4 Å². The number of phenolic OH excluding ortho intramolecular Hbond substituents is 1. The zero-order valence-corrected chi connectivity index (χ0v) is 33.9. The summed E-state index contributed by atoms with van der Waals surface area (Å²) in [5.74, 6) is -0.147. The molecule has 1 heterocycles. The van der Waals surface area contributed by atoms with E-state index in [1.807, 2.05) is 62.4 Å². The molecule has 1 aliphatic rings. The van der Waals surface area contributed by atoms with E-state index in [-0.39, 0.29) is 11.7 Å². The Labute approximate surface area is 335 Å². The van der Waals surface area contributed by atoms with Crippen molar-refractivity contribution >= 4 is 63.0 Å². The number of aryl methyl sites for hydroxylation is 3. The van der Waals surface area contributed by atoms with Gasteiger partial charge in [-0.1, -0.05) is 42.5 Å². The molecule has 2 atom stereocenters. The molecule has 0 aromatic heterocycles. The van der Waals surface area contributed by atoms with E-state index in [9.17, 15) is 9.90 Å². The SMILES string of the molecule is CC[N+](C)(CC)C1C[N+]1(C)c1ccc(N=Nc2ccc(C=Cc3ccc(N=Nc4c(C)cc5cc(NC(=O)c6ccccc6)ccc5c4O)c(C)c3)c(C)c2)cc1. The summed E-state index contributed by atoms with van der Waals surface area (Å²) in [6.07, 6.45) is 4.79. The highest BCUT2D eigenvalue weighted by Crippen LogP contribution is 2.42. The van der Waals surface area contributed by atoms with Gasteiger partial charge in [0.15, 0.2) is 12.3 Å². The Kier molecular flexibility index (Phi) is 11.0. The molecular formula is C48H51N7O2+2. The van der Waals surface area contributed by atoms with Crippen LogP contribution in [0.4, 0.5) is 34.1 Å². The van der Waals surface area contributed by atoms with E-state index in [2.05, 4.69) is 115 Å². The van der Waals surface area contributed by atoms with E-state index in [0.29, 0.717) is 34.2 Å². The third-order valence-corrected chi connectivity index (χ3v) is 11.7. The molecular weight excluding hydrogens is 707 g/mol. The number of anilines is 1. The van der Waals surface area contributed by atoms with Gasteiger partial charge in [-0.05, 0) is 141 Å². The highest BCUT2D eigenvalue weighted by molar-refractivity contribution is 6.06. The van der Waals surface area contributed by atoms with Gasteiger partial charge in [0.25, 0.3) is 12.1 Å². The first-order valence-corrected chi connectivity index (χ1v) is 19.6. The number of quaternary nitrogens is 2. The first-order chi connectivity index (χ1) is 27.4. The van der Waals surface area contributed by atoms with Crippen molar-refractivity contribution < 1.29 is 14.4 Å². The van der Waals surface area contributed by atoms with Crippen molar-refractivity contribution in [2.24, 2.45) is 20.5 Å². The standard InChI is InChI=1S/C48H49N7O2/c1-8-54(6,9-2)45-31-55(45,7)42-23-20-39(21-24-42)50-51-41-19-18-36(32(3)29-41)17-15-35-16-26-44(33(4)27-35)52-53-46-34(5)28-38-30-40(22-25-43(38)47(46)56)49-48(57)37-13-11-10-12-14-37/h10-30,45H,8-9,31H2,1-7H3/p+2. The largest absolute Gasteiger partial charge is 0.505 e. The molecule has 9 nitrogen and oxygen atoms in total. The molecule has 0 radical (unpaired) electrons. The summed E-state index contributed by atoms with van der Waals surface area (Å²) in [5.41, 5.74) is 10.3. The van der Waals surface area contributed by atoms with Crippen LogP contribution < -0.4 is 9.80 Å². The molecule has 9 heteroatoms. The Morgan fingerprint density at radius 1 is 0.772 bits per heavy atom. The van der Waals surface area contributed by atoms with E-state index < -0.39 is 0 Å². The molecule has 0 saturated carbocycles. The van der Waals surface area contributed by atoms with Crippen LogP contribution in [0, 0.1) is 20.8 Å². The maximum absolute atomic E-state index is 12.7. The van der Waals surface area contributed by atoms with Crippen LogP contribution in [0.15, 0.2) is 136 Å². The van der Waals surface area contributed by atoms with E-state index in [1.54, 1.807) is 24.3 Å². The first kappa shape index (κ1) is 39.0. The quantitative estimate of drug-likeness (QED) is 0.0562. The number of aromatic hydroxyl groups is 1. The molecule has 1 amide bonds. The van der Waals surface area contributed by atoms with Crippen LogP contribution in [0.25, 0.3) is 22.9 Å². The third kappa shape index (κ3) is 8.31. The fourth-order valence-corrected chi connectivity index (χ4v) is 7.61. The summed E-state index contributed by atoms with van der Waals surface area (Å²) in [7, 11) is 4.70. The molecule has 0 aliphatic carbocycles. The summed E-state index contributed by atoms with van der Waals surface area (Å²) in [4.78, 5) is 12.7. The second-order valence-electron chi connectivity index (χ2n) is 15.5. The van der Waals surface area contributed by atoms with Crippen molar-refractivity contribution in [1.82, 2.24) is 4.48 Å².